The van der Waals surface area contributed by atoms with Gasteiger partial charge in [0.25, 0.3) is 0 Å². The zero-order valence-electron chi connectivity index (χ0n) is 20.8. The minimum absolute atomic E-state index is 1.01. The van der Waals surface area contributed by atoms with Gasteiger partial charge in [0.1, 0.15) is 0 Å². The van der Waals surface area contributed by atoms with Gasteiger partial charge in [0.2, 0.25) is 0 Å². The maximum absolute atomic E-state index is 2.49. The highest BCUT2D eigenvalue weighted by atomic mass is 14.3. The molecule has 0 saturated heterocycles. The fraction of sp³-hybridized carbons (Fsp3) is 0.0811. The summed E-state index contributed by atoms with van der Waals surface area (Å²) >= 11 is 0. The largest absolute Gasteiger partial charge is 0.0648 e. The number of benzene rings is 6. The molecule has 0 heteroatoms. The van der Waals surface area contributed by atoms with Crippen LogP contribution in [-0.2, 0) is 12.8 Å². The van der Waals surface area contributed by atoms with Crippen LogP contribution in [0.2, 0.25) is 0 Å². The molecule has 0 amide bonds. The Kier molecular flexibility index (Phi) is 5.44. The first kappa shape index (κ1) is 21.8. The summed E-state index contributed by atoms with van der Waals surface area (Å²) in [6, 6.07) is 46.5. The predicted octanol–water partition coefficient (Wildman–Crippen LogP) is 9.90. The summed E-state index contributed by atoms with van der Waals surface area (Å²) in [5, 5.41) is 5.22. The Morgan fingerprint density at radius 3 is 1.70 bits per heavy atom. The fourth-order valence-electron chi connectivity index (χ4n) is 6.02. The van der Waals surface area contributed by atoms with Crippen LogP contribution >= 0.6 is 0 Å². The summed E-state index contributed by atoms with van der Waals surface area (Å²) < 4.78 is 0. The maximum Gasteiger partial charge on any atom is -0.00513 e. The van der Waals surface area contributed by atoms with Crippen LogP contribution in [0.5, 0.6) is 0 Å². The van der Waals surface area contributed by atoms with Gasteiger partial charge in [-0.1, -0.05) is 139 Å². The first-order valence-corrected chi connectivity index (χ1v) is 13.2. The number of allylic oxidation sites excluding steroid dienone is 1. The number of hydrogen-bond donors (Lipinski definition) is 0. The maximum atomic E-state index is 2.49. The second kappa shape index (κ2) is 9.22. The Morgan fingerprint density at radius 2 is 1.00 bits per heavy atom. The summed E-state index contributed by atoms with van der Waals surface area (Å²) in [7, 11) is 0. The summed E-state index contributed by atoms with van der Waals surface area (Å²) in [6.45, 7) is 0. The quantitative estimate of drug-likeness (QED) is 0.234. The van der Waals surface area contributed by atoms with Crippen LogP contribution in [0.3, 0.4) is 0 Å². The van der Waals surface area contributed by atoms with Crippen molar-refractivity contribution in [1.82, 2.24) is 0 Å². The van der Waals surface area contributed by atoms with Crippen LogP contribution in [0, 0.1) is 0 Å². The topological polar surface area (TPSA) is 0 Å². The summed E-state index contributed by atoms with van der Waals surface area (Å²) in [5.41, 5.74) is 11.1. The van der Waals surface area contributed by atoms with E-state index in [-0.39, 0.29) is 0 Å². The highest BCUT2D eigenvalue weighted by Crippen LogP contribution is 2.43. The molecule has 0 aliphatic heterocycles. The van der Waals surface area contributed by atoms with E-state index in [1.807, 2.05) is 0 Å². The third-order valence-electron chi connectivity index (χ3n) is 7.85. The standard InChI is InChI=1S/C37H28/c1-2-10-26(11-3-1)20-21-27-24-36-34(32-18-8-14-28-12-4-6-16-30(28)32)22-23-35(37(36)25-27)33-19-9-15-29-13-5-7-17-31(29)33/h1-19,22-24H,20-21,25H2. The molecular weight excluding hydrogens is 444 g/mol. The summed E-state index contributed by atoms with van der Waals surface area (Å²) in [5.74, 6) is 0. The fourth-order valence-corrected chi connectivity index (χ4v) is 6.02. The zero-order chi connectivity index (χ0) is 24.6. The predicted molar refractivity (Wildman–Crippen MR) is 159 cm³/mol. The minimum atomic E-state index is 1.01. The Hall–Kier alpha value is -4.42. The second-order valence-corrected chi connectivity index (χ2v) is 10.1. The van der Waals surface area contributed by atoms with Crippen LogP contribution < -0.4 is 0 Å². The van der Waals surface area contributed by atoms with E-state index in [9.17, 15) is 0 Å². The third-order valence-corrected chi connectivity index (χ3v) is 7.85. The highest BCUT2D eigenvalue weighted by molar-refractivity contribution is 6.02. The van der Waals surface area contributed by atoms with Crippen molar-refractivity contribution in [3.05, 3.63) is 150 Å². The van der Waals surface area contributed by atoms with Crippen molar-refractivity contribution in [2.45, 2.75) is 19.3 Å². The van der Waals surface area contributed by atoms with E-state index in [2.05, 4.69) is 133 Å². The van der Waals surface area contributed by atoms with Crippen molar-refractivity contribution in [2.24, 2.45) is 0 Å². The number of hydrogen-bond acceptors (Lipinski definition) is 0. The van der Waals surface area contributed by atoms with Crippen LogP contribution in [0.4, 0.5) is 0 Å². The van der Waals surface area contributed by atoms with Crippen molar-refractivity contribution in [1.29, 1.82) is 0 Å². The Bertz CT molecular complexity index is 1780. The molecule has 0 radical (unpaired) electrons. The van der Waals surface area contributed by atoms with Crippen molar-refractivity contribution < 1.29 is 0 Å². The lowest BCUT2D eigenvalue weighted by molar-refractivity contribution is 0.918. The van der Waals surface area contributed by atoms with E-state index < -0.39 is 0 Å². The number of rotatable bonds is 5. The molecule has 0 bridgehead atoms. The zero-order valence-corrected chi connectivity index (χ0v) is 20.8. The van der Waals surface area contributed by atoms with Crippen LogP contribution in [0.1, 0.15) is 23.1 Å². The minimum Gasteiger partial charge on any atom is -0.0648 e. The molecule has 0 fully saturated rings. The number of aryl methyl sites for hydroxylation is 1. The van der Waals surface area contributed by atoms with Crippen LogP contribution in [0.25, 0.3) is 49.9 Å². The van der Waals surface area contributed by atoms with Crippen molar-refractivity contribution in [3.8, 4) is 22.3 Å². The molecule has 0 aromatic heterocycles. The van der Waals surface area contributed by atoms with Gasteiger partial charge in [0, 0.05) is 0 Å². The van der Waals surface area contributed by atoms with Gasteiger partial charge in [-0.25, -0.2) is 0 Å². The molecule has 0 N–H and O–H groups in total. The molecule has 0 nitrogen and oxygen atoms in total. The number of fused-ring (bicyclic) bond motifs is 3. The van der Waals surface area contributed by atoms with E-state index in [4.69, 9.17) is 0 Å². The van der Waals surface area contributed by atoms with E-state index in [0.29, 0.717) is 0 Å². The Labute approximate surface area is 218 Å². The van der Waals surface area contributed by atoms with Gasteiger partial charge in [-0.05, 0) is 79.8 Å². The molecule has 6 aromatic rings. The normalized spacial score (nSPS) is 12.6. The molecule has 7 rings (SSSR count). The lowest BCUT2D eigenvalue weighted by atomic mass is 9.87. The summed E-state index contributed by atoms with van der Waals surface area (Å²) in [6.07, 6.45) is 5.67. The van der Waals surface area contributed by atoms with Gasteiger partial charge in [0.15, 0.2) is 0 Å². The molecule has 0 saturated carbocycles. The molecule has 0 atom stereocenters. The molecule has 0 spiro atoms. The monoisotopic (exact) mass is 472 g/mol. The smallest absolute Gasteiger partial charge is 0.00513 e. The molecule has 1 aliphatic carbocycles. The second-order valence-electron chi connectivity index (χ2n) is 10.1. The van der Waals surface area contributed by atoms with E-state index >= 15 is 0 Å². The van der Waals surface area contributed by atoms with Gasteiger partial charge < -0.3 is 0 Å². The molecule has 1 aliphatic rings. The van der Waals surface area contributed by atoms with Crippen molar-refractivity contribution in [2.75, 3.05) is 0 Å². The van der Waals surface area contributed by atoms with E-state index in [1.54, 1.807) is 0 Å². The van der Waals surface area contributed by atoms with Gasteiger partial charge in [-0.2, -0.15) is 0 Å². The van der Waals surface area contributed by atoms with Crippen molar-refractivity contribution in [3.63, 3.8) is 0 Å². The van der Waals surface area contributed by atoms with Gasteiger partial charge >= 0.3 is 0 Å². The van der Waals surface area contributed by atoms with Gasteiger partial charge in [-0.3, -0.25) is 0 Å². The average Bonchev–Trinajstić information content (AvgIpc) is 3.40. The summed E-state index contributed by atoms with van der Waals surface area (Å²) in [4.78, 5) is 0. The molecule has 0 heterocycles. The van der Waals surface area contributed by atoms with Crippen LogP contribution in [0.15, 0.2) is 133 Å². The molecular formula is C37H28. The third kappa shape index (κ3) is 3.96. The van der Waals surface area contributed by atoms with Crippen LogP contribution in [-0.4, -0.2) is 0 Å². The molecule has 37 heavy (non-hydrogen) atoms. The highest BCUT2D eigenvalue weighted by Gasteiger charge is 2.22. The lowest BCUT2D eigenvalue weighted by Gasteiger charge is -2.16. The average molecular weight is 473 g/mol. The van der Waals surface area contributed by atoms with Gasteiger partial charge in [0.05, 0.1) is 0 Å². The molecule has 0 unspecified atom stereocenters. The van der Waals surface area contributed by atoms with Crippen molar-refractivity contribution >= 4 is 27.6 Å². The SMILES string of the molecule is C1=C(CCc2ccccc2)Cc2c(-c3cccc4ccccc34)ccc(-c3cccc4ccccc34)c21. The molecule has 6 aromatic carbocycles. The van der Waals surface area contributed by atoms with E-state index in [1.165, 1.54) is 66.1 Å². The van der Waals surface area contributed by atoms with Gasteiger partial charge in [-0.15, -0.1) is 0 Å². The van der Waals surface area contributed by atoms with E-state index in [0.717, 1.165) is 19.3 Å². The Balaban J connectivity index is 1.39. The first-order valence-electron chi connectivity index (χ1n) is 13.2. The Morgan fingerprint density at radius 1 is 0.432 bits per heavy atom. The lowest BCUT2D eigenvalue weighted by Crippen LogP contribution is -1.95. The first-order chi connectivity index (χ1) is 18.3. The molecule has 176 valence electrons.